The summed E-state index contributed by atoms with van der Waals surface area (Å²) >= 11 is 0. The van der Waals surface area contributed by atoms with Gasteiger partial charge in [-0.05, 0) is 31.5 Å². The Morgan fingerprint density at radius 1 is 1.27 bits per heavy atom. The molecule has 3 atom stereocenters. The smallest absolute Gasteiger partial charge is 0.328 e. The van der Waals surface area contributed by atoms with E-state index in [-0.39, 0.29) is 30.6 Å². The summed E-state index contributed by atoms with van der Waals surface area (Å²) in [5.74, 6) is -0.618. The highest BCUT2D eigenvalue weighted by molar-refractivity contribution is 6.01. The molecule has 0 bridgehead atoms. The van der Waals surface area contributed by atoms with Crippen LogP contribution in [0, 0.1) is 5.82 Å². The van der Waals surface area contributed by atoms with Crippen molar-refractivity contribution in [2.75, 3.05) is 33.4 Å². The van der Waals surface area contributed by atoms with Gasteiger partial charge in [0.15, 0.2) is 6.29 Å². The van der Waals surface area contributed by atoms with Gasteiger partial charge in [0.1, 0.15) is 18.0 Å². The quantitative estimate of drug-likeness (QED) is 0.690. The van der Waals surface area contributed by atoms with E-state index in [0.717, 1.165) is 5.71 Å². The highest BCUT2D eigenvalue weighted by Crippen LogP contribution is 2.30. The molecule has 0 radical (unpaired) electrons. The molecule has 3 aliphatic rings. The van der Waals surface area contributed by atoms with Gasteiger partial charge in [-0.15, -0.1) is 0 Å². The Bertz CT molecular complexity index is 847. The van der Waals surface area contributed by atoms with E-state index in [4.69, 9.17) is 4.74 Å². The van der Waals surface area contributed by atoms with Crippen molar-refractivity contribution >= 4 is 17.6 Å². The van der Waals surface area contributed by atoms with Crippen LogP contribution in [0.4, 0.5) is 9.18 Å². The van der Waals surface area contributed by atoms with Crippen molar-refractivity contribution in [1.82, 2.24) is 25.0 Å². The zero-order valence-corrected chi connectivity index (χ0v) is 17.4. The van der Waals surface area contributed by atoms with Crippen molar-refractivity contribution in [3.05, 3.63) is 35.6 Å². The minimum Gasteiger partial charge on any atom is -0.380 e. The third-order valence-electron chi connectivity index (χ3n) is 5.67. The largest absolute Gasteiger partial charge is 0.380 e. The number of hydrogen-bond donors (Lipinski definition) is 1. The van der Waals surface area contributed by atoms with Crippen LogP contribution in [-0.4, -0.2) is 89.2 Å². The number of nitrogens with one attached hydrogen (secondary N) is 1. The first kappa shape index (κ1) is 20.7. The predicted molar refractivity (Wildman–Crippen MR) is 108 cm³/mol. The summed E-state index contributed by atoms with van der Waals surface area (Å²) in [6, 6.07) is 4.92. The average Bonchev–Trinajstić information content (AvgIpc) is 3.11. The molecule has 30 heavy (non-hydrogen) atoms. The van der Waals surface area contributed by atoms with Crippen molar-refractivity contribution < 1.29 is 18.7 Å². The van der Waals surface area contributed by atoms with Gasteiger partial charge < -0.3 is 9.64 Å². The second-order valence-electron chi connectivity index (χ2n) is 7.74. The molecule has 1 aromatic rings. The predicted octanol–water partition coefficient (Wildman–Crippen LogP) is 0.831. The van der Waals surface area contributed by atoms with Gasteiger partial charge in [-0.1, -0.05) is 12.1 Å². The molecule has 162 valence electrons. The summed E-state index contributed by atoms with van der Waals surface area (Å²) in [6.45, 7) is 6.22. The first-order valence-corrected chi connectivity index (χ1v) is 10.1. The molecule has 2 saturated heterocycles. The van der Waals surface area contributed by atoms with Crippen LogP contribution >= 0.6 is 0 Å². The summed E-state index contributed by atoms with van der Waals surface area (Å²) in [7, 11) is 1.69. The monoisotopic (exact) mass is 418 g/mol. The number of nitrogens with zero attached hydrogens (tertiary/aromatic N) is 5. The van der Waals surface area contributed by atoms with E-state index in [9.17, 15) is 14.0 Å². The zero-order valence-electron chi connectivity index (χ0n) is 17.4. The summed E-state index contributed by atoms with van der Waals surface area (Å²) in [6.07, 6.45) is -0.746. The normalized spacial score (nSPS) is 26.7. The molecular weight excluding hydrogens is 391 g/mol. The number of urea groups is 1. The summed E-state index contributed by atoms with van der Waals surface area (Å²) < 4.78 is 18.7. The van der Waals surface area contributed by atoms with Crippen molar-refractivity contribution in [2.45, 2.75) is 38.9 Å². The fraction of sp³-hybridized carbons (Fsp3) is 0.550. The van der Waals surface area contributed by atoms with Gasteiger partial charge in [0.2, 0.25) is 0 Å². The Morgan fingerprint density at radius 3 is 2.70 bits per heavy atom. The van der Waals surface area contributed by atoms with E-state index >= 15 is 0 Å². The Morgan fingerprint density at radius 2 is 2.00 bits per heavy atom. The maximum Gasteiger partial charge on any atom is 0.328 e. The van der Waals surface area contributed by atoms with Gasteiger partial charge in [0.05, 0.1) is 19.7 Å². The lowest BCUT2D eigenvalue weighted by Gasteiger charge is -2.42. The molecule has 0 aliphatic carbocycles. The Balaban J connectivity index is 1.57. The zero-order chi connectivity index (χ0) is 21.4. The van der Waals surface area contributed by atoms with Gasteiger partial charge >= 0.3 is 6.03 Å². The molecule has 3 unspecified atom stereocenters. The van der Waals surface area contributed by atoms with Gasteiger partial charge in [-0.3, -0.25) is 20.0 Å². The number of carbonyl (C=O) groups excluding carboxylic acids is 2. The molecule has 10 heteroatoms. The highest BCUT2D eigenvalue weighted by atomic mass is 19.1. The van der Waals surface area contributed by atoms with Crippen molar-refractivity contribution in [2.24, 2.45) is 5.10 Å². The number of ether oxygens (including phenoxy) is 1. The molecule has 0 aromatic heterocycles. The van der Waals surface area contributed by atoms with Crippen LogP contribution in [0.5, 0.6) is 0 Å². The lowest BCUT2D eigenvalue weighted by molar-refractivity contribution is -0.139. The van der Waals surface area contributed by atoms with E-state index in [1.807, 2.05) is 23.8 Å². The minimum atomic E-state index is -0.529. The van der Waals surface area contributed by atoms with Crippen LogP contribution in [0.2, 0.25) is 0 Å². The minimum absolute atomic E-state index is 0.102. The molecule has 0 saturated carbocycles. The molecular formula is C20H27FN6O3. The average molecular weight is 418 g/mol. The number of hydrazone groups is 1. The van der Waals surface area contributed by atoms with Crippen molar-refractivity contribution in [3.8, 4) is 0 Å². The standard InChI is InChI=1S/C20H27FN6O3/c1-4-30-10-9-27-19-22-17-16(25(19)11-13(2)23-27)18(28)26(20(29)24(17)3)12-14-5-7-15(21)8-6-14/h5-8,16-17,19,22H,4,9-12H2,1-3H3. The number of imide groups is 1. The Hall–Kier alpha value is -2.56. The van der Waals surface area contributed by atoms with Crippen LogP contribution in [-0.2, 0) is 16.1 Å². The van der Waals surface area contributed by atoms with E-state index in [1.165, 1.54) is 17.0 Å². The van der Waals surface area contributed by atoms with E-state index in [2.05, 4.69) is 10.4 Å². The molecule has 3 aliphatic heterocycles. The van der Waals surface area contributed by atoms with Gasteiger partial charge in [-0.25, -0.2) is 14.1 Å². The molecule has 4 rings (SSSR count). The van der Waals surface area contributed by atoms with Crippen LogP contribution < -0.4 is 5.32 Å². The third kappa shape index (κ3) is 3.66. The molecule has 3 heterocycles. The van der Waals surface area contributed by atoms with E-state index in [0.29, 0.717) is 31.9 Å². The molecule has 2 fully saturated rings. The first-order valence-electron chi connectivity index (χ1n) is 10.1. The van der Waals surface area contributed by atoms with Gasteiger partial charge in [0, 0.05) is 25.9 Å². The molecule has 1 N–H and O–H groups in total. The fourth-order valence-electron chi connectivity index (χ4n) is 4.24. The Labute approximate surface area is 175 Å². The van der Waals surface area contributed by atoms with Crippen molar-refractivity contribution in [3.63, 3.8) is 0 Å². The molecule has 9 nitrogen and oxygen atoms in total. The number of hydrogen-bond acceptors (Lipinski definition) is 7. The van der Waals surface area contributed by atoms with Crippen LogP contribution in [0.15, 0.2) is 29.4 Å². The maximum absolute atomic E-state index is 13.4. The summed E-state index contributed by atoms with van der Waals surface area (Å²) in [5.41, 5.74) is 1.59. The Kier molecular flexibility index (Phi) is 5.72. The van der Waals surface area contributed by atoms with E-state index < -0.39 is 12.2 Å². The van der Waals surface area contributed by atoms with Crippen LogP contribution in [0.1, 0.15) is 19.4 Å². The fourth-order valence-corrected chi connectivity index (χ4v) is 4.24. The topological polar surface area (TPSA) is 80.7 Å². The molecule has 1 aromatic carbocycles. The number of benzene rings is 1. The number of likely N-dealkylation sites (N-methyl/N-ethyl adjacent to an activating group) is 1. The first-order chi connectivity index (χ1) is 14.4. The third-order valence-corrected chi connectivity index (χ3v) is 5.67. The number of halogens is 1. The lowest BCUT2D eigenvalue weighted by atomic mass is 10.1. The lowest BCUT2D eigenvalue weighted by Crippen LogP contribution is -2.66. The van der Waals surface area contributed by atoms with Crippen LogP contribution in [0.3, 0.4) is 0 Å². The van der Waals surface area contributed by atoms with Gasteiger partial charge in [-0.2, -0.15) is 5.10 Å². The highest BCUT2D eigenvalue weighted by Gasteiger charge is 2.56. The second kappa shape index (κ2) is 8.29. The van der Waals surface area contributed by atoms with Gasteiger partial charge in [0.25, 0.3) is 5.91 Å². The summed E-state index contributed by atoms with van der Waals surface area (Å²) in [4.78, 5) is 31.2. The number of amides is 3. The second-order valence-corrected chi connectivity index (χ2v) is 7.74. The summed E-state index contributed by atoms with van der Waals surface area (Å²) in [5, 5.41) is 9.89. The molecule has 0 spiro atoms. The molecule has 3 amide bonds. The maximum atomic E-state index is 13.4. The van der Waals surface area contributed by atoms with E-state index in [1.54, 1.807) is 24.1 Å². The van der Waals surface area contributed by atoms with Crippen LogP contribution in [0.25, 0.3) is 0 Å². The SMILES string of the molecule is CCOCCN1N=C(C)CN2C3C(=O)N(Cc4ccc(F)cc4)C(=O)N(C)C3NC12. The number of fused-ring (bicyclic) bond motifs is 3. The number of carbonyl (C=O) groups is 2. The van der Waals surface area contributed by atoms with Crippen molar-refractivity contribution in [1.29, 1.82) is 0 Å². The number of rotatable bonds is 6.